The molecule has 0 unspecified atom stereocenters. The number of nitrogens with one attached hydrogen (secondary N) is 2. The summed E-state index contributed by atoms with van der Waals surface area (Å²) < 4.78 is 0.985. The summed E-state index contributed by atoms with van der Waals surface area (Å²) in [6.07, 6.45) is 0. The van der Waals surface area contributed by atoms with Crippen molar-refractivity contribution in [3.63, 3.8) is 0 Å². The van der Waals surface area contributed by atoms with Crippen molar-refractivity contribution in [1.29, 1.82) is 0 Å². The van der Waals surface area contributed by atoms with Crippen molar-refractivity contribution < 1.29 is 4.79 Å². The summed E-state index contributed by atoms with van der Waals surface area (Å²) >= 11 is 15.2. The second-order valence-electron chi connectivity index (χ2n) is 4.52. The predicted molar refractivity (Wildman–Crippen MR) is 92.3 cm³/mol. The molecular formula is C15H13BrCl2N2O. The van der Waals surface area contributed by atoms with Crippen LogP contribution in [0, 0.1) is 0 Å². The molecule has 0 aliphatic heterocycles. The molecule has 6 heteroatoms. The van der Waals surface area contributed by atoms with Gasteiger partial charge in [-0.2, -0.15) is 0 Å². The molecule has 0 aromatic heterocycles. The van der Waals surface area contributed by atoms with E-state index in [9.17, 15) is 4.79 Å². The molecule has 1 atom stereocenters. The first-order valence-electron chi connectivity index (χ1n) is 6.23. The number of carbonyl (C=O) groups is 1. The Balaban J connectivity index is 2.00. The number of halogens is 3. The Hall–Kier alpha value is -1.23. The Morgan fingerprint density at radius 1 is 1.05 bits per heavy atom. The molecule has 0 saturated heterocycles. The van der Waals surface area contributed by atoms with Gasteiger partial charge in [-0.15, -0.1) is 0 Å². The molecule has 0 radical (unpaired) electrons. The van der Waals surface area contributed by atoms with Crippen LogP contribution in [0.4, 0.5) is 11.4 Å². The molecule has 2 N–H and O–H groups in total. The van der Waals surface area contributed by atoms with E-state index in [4.69, 9.17) is 23.2 Å². The van der Waals surface area contributed by atoms with Crippen molar-refractivity contribution >= 4 is 56.4 Å². The van der Waals surface area contributed by atoms with Gasteiger partial charge in [0.1, 0.15) is 6.04 Å². The highest BCUT2D eigenvalue weighted by atomic mass is 79.9. The summed E-state index contributed by atoms with van der Waals surface area (Å²) in [7, 11) is 0. The second kappa shape index (κ2) is 7.16. The number of rotatable bonds is 4. The molecule has 110 valence electrons. The van der Waals surface area contributed by atoms with E-state index < -0.39 is 6.04 Å². The molecule has 0 bridgehead atoms. The maximum atomic E-state index is 12.1. The van der Waals surface area contributed by atoms with Crippen LogP contribution >= 0.6 is 39.1 Å². The van der Waals surface area contributed by atoms with E-state index in [2.05, 4.69) is 26.6 Å². The van der Waals surface area contributed by atoms with Crippen molar-refractivity contribution in [2.45, 2.75) is 13.0 Å². The van der Waals surface area contributed by atoms with Gasteiger partial charge in [0.15, 0.2) is 0 Å². The summed E-state index contributed by atoms with van der Waals surface area (Å²) in [5, 5.41) is 6.85. The Labute approximate surface area is 141 Å². The molecule has 0 aliphatic carbocycles. The lowest BCUT2D eigenvalue weighted by molar-refractivity contribution is -0.116. The summed E-state index contributed by atoms with van der Waals surface area (Å²) in [6.45, 7) is 1.78. The minimum Gasteiger partial charge on any atom is -0.374 e. The van der Waals surface area contributed by atoms with E-state index >= 15 is 0 Å². The van der Waals surface area contributed by atoms with Crippen LogP contribution in [-0.4, -0.2) is 11.9 Å². The molecule has 1 amide bonds. The highest BCUT2D eigenvalue weighted by Crippen LogP contribution is 2.22. The van der Waals surface area contributed by atoms with Gasteiger partial charge in [-0.05, 0) is 49.4 Å². The average molecular weight is 388 g/mol. The molecule has 0 spiro atoms. The zero-order valence-corrected chi connectivity index (χ0v) is 14.3. The van der Waals surface area contributed by atoms with Crippen molar-refractivity contribution in [2.24, 2.45) is 0 Å². The molecule has 2 rings (SSSR count). The number of carbonyl (C=O) groups excluding carboxylic acids is 1. The smallest absolute Gasteiger partial charge is 0.246 e. The fourth-order valence-corrected chi connectivity index (χ4v) is 2.53. The lowest BCUT2D eigenvalue weighted by Gasteiger charge is -2.15. The third-order valence-corrected chi connectivity index (χ3v) is 3.72. The molecular weight excluding hydrogens is 375 g/mol. The molecule has 0 saturated carbocycles. The van der Waals surface area contributed by atoms with Gasteiger partial charge < -0.3 is 10.6 Å². The lowest BCUT2D eigenvalue weighted by Crippen LogP contribution is -2.31. The quantitative estimate of drug-likeness (QED) is 0.757. The minimum atomic E-state index is -0.399. The van der Waals surface area contributed by atoms with Gasteiger partial charge >= 0.3 is 0 Å². The first-order chi connectivity index (χ1) is 9.94. The first kappa shape index (κ1) is 16.1. The molecule has 0 heterocycles. The Morgan fingerprint density at radius 2 is 1.62 bits per heavy atom. The van der Waals surface area contributed by atoms with Gasteiger partial charge in [-0.1, -0.05) is 39.1 Å². The van der Waals surface area contributed by atoms with E-state index in [-0.39, 0.29) is 5.91 Å². The SMILES string of the molecule is C[C@@H](Nc1ccc(Br)cc1)C(=O)Nc1cc(Cl)cc(Cl)c1. The van der Waals surface area contributed by atoms with Gasteiger partial charge in [0, 0.05) is 25.9 Å². The standard InChI is InChI=1S/C15H13BrCl2N2O/c1-9(19-13-4-2-10(16)3-5-13)15(21)20-14-7-11(17)6-12(18)8-14/h2-9,19H,1H3,(H,20,21)/t9-/m1/s1. The highest BCUT2D eigenvalue weighted by Gasteiger charge is 2.13. The first-order valence-corrected chi connectivity index (χ1v) is 7.78. The summed E-state index contributed by atoms with van der Waals surface area (Å²) in [5.41, 5.74) is 1.44. The fraction of sp³-hybridized carbons (Fsp3) is 0.133. The van der Waals surface area contributed by atoms with E-state index in [1.807, 2.05) is 24.3 Å². The Morgan fingerprint density at radius 3 is 2.19 bits per heavy atom. The number of amides is 1. The molecule has 0 fully saturated rings. The molecule has 2 aromatic carbocycles. The maximum absolute atomic E-state index is 12.1. The highest BCUT2D eigenvalue weighted by molar-refractivity contribution is 9.10. The van der Waals surface area contributed by atoms with Gasteiger partial charge in [-0.3, -0.25) is 4.79 Å². The van der Waals surface area contributed by atoms with Crippen LogP contribution in [0.1, 0.15) is 6.92 Å². The monoisotopic (exact) mass is 386 g/mol. The largest absolute Gasteiger partial charge is 0.374 e. The van der Waals surface area contributed by atoms with Crippen LogP contribution in [0.3, 0.4) is 0 Å². The number of hydrogen-bond donors (Lipinski definition) is 2. The van der Waals surface area contributed by atoms with Crippen LogP contribution in [0.5, 0.6) is 0 Å². The van der Waals surface area contributed by atoms with Gasteiger partial charge in [0.2, 0.25) is 5.91 Å². The number of benzene rings is 2. The van der Waals surface area contributed by atoms with Crippen LogP contribution in [-0.2, 0) is 4.79 Å². The van der Waals surface area contributed by atoms with Crippen LogP contribution in [0.15, 0.2) is 46.9 Å². The fourth-order valence-electron chi connectivity index (χ4n) is 1.74. The molecule has 3 nitrogen and oxygen atoms in total. The normalized spacial score (nSPS) is 11.8. The lowest BCUT2D eigenvalue weighted by atomic mass is 10.2. The second-order valence-corrected chi connectivity index (χ2v) is 6.31. The zero-order valence-electron chi connectivity index (χ0n) is 11.2. The topological polar surface area (TPSA) is 41.1 Å². The summed E-state index contributed by atoms with van der Waals surface area (Å²) in [5.74, 6) is -0.170. The van der Waals surface area contributed by atoms with E-state index in [1.165, 1.54) is 0 Å². The zero-order chi connectivity index (χ0) is 15.4. The molecule has 0 aliphatic rings. The van der Waals surface area contributed by atoms with Gasteiger partial charge in [-0.25, -0.2) is 0 Å². The van der Waals surface area contributed by atoms with Crippen molar-refractivity contribution in [2.75, 3.05) is 10.6 Å². The van der Waals surface area contributed by atoms with Crippen LogP contribution in [0.2, 0.25) is 10.0 Å². The van der Waals surface area contributed by atoms with Gasteiger partial charge in [0.05, 0.1) is 0 Å². The van der Waals surface area contributed by atoms with Crippen molar-refractivity contribution in [3.05, 3.63) is 57.0 Å². The third-order valence-electron chi connectivity index (χ3n) is 2.75. The number of anilines is 2. The third kappa shape index (κ3) is 4.92. The Kier molecular flexibility index (Phi) is 5.51. The summed E-state index contributed by atoms with van der Waals surface area (Å²) in [6, 6.07) is 12.1. The molecule has 2 aromatic rings. The van der Waals surface area contributed by atoms with Crippen LogP contribution in [0.25, 0.3) is 0 Å². The Bertz CT molecular complexity index is 626. The van der Waals surface area contributed by atoms with E-state index in [1.54, 1.807) is 25.1 Å². The maximum Gasteiger partial charge on any atom is 0.246 e. The number of hydrogen-bond acceptors (Lipinski definition) is 2. The predicted octanol–water partition coefficient (Wildman–Crippen LogP) is 5.20. The average Bonchev–Trinajstić information content (AvgIpc) is 2.40. The minimum absolute atomic E-state index is 0.170. The van der Waals surface area contributed by atoms with Gasteiger partial charge in [0.25, 0.3) is 0 Å². The van der Waals surface area contributed by atoms with E-state index in [0.717, 1.165) is 10.2 Å². The van der Waals surface area contributed by atoms with Crippen molar-refractivity contribution in [1.82, 2.24) is 0 Å². The summed E-state index contributed by atoms with van der Waals surface area (Å²) in [4.78, 5) is 12.1. The van der Waals surface area contributed by atoms with Crippen molar-refractivity contribution in [3.8, 4) is 0 Å². The molecule has 21 heavy (non-hydrogen) atoms. The van der Waals surface area contributed by atoms with Crippen LogP contribution < -0.4 is 10.6 Å². The van der Waals surface area contributed by atoms with E-state index in [0.29, 0.717) is 15.7 Å².